The fourth-order valence-corrected chi connectivity index (χ4v) is 3.26. The van der Waals surface area contributed by atoms with Crippen LogP contribution < -0.4 is 0 Å². The van der Waals surface area contributed by atoms with Crippen molar-refractivity contribution < 1.29 is 8.42 Å². The van der Waals surface area contributed by atoms with Gasteiger partial charge in [0.05, 0.1) is 3.57 Å². The van der Waals surface area contributed by atoms with Crippen LogP contribution in [0.25, 0.3) is 0 Å². The lowest BCUT2D eigenvalue weighted by Crippen LogP contribution is -2.02. The highest BCUT2D eigenvalue weighted by atomic mass is 127. The van der Waals surface area contributed by atoms with Crippen LogP contribution in [0.1, 0.15) is 19.9 Å². The standard InChI is InChI=1S/C6H8ClIN2O2S/c1-4(2)10-3-5(8)6(9-10)13(7,11)12/h3-4H,1-2H3. The number of aromatic nitrogens is 2. The highest BCUT2D eigenvalue weighted by Gasteiger charge is 2.19. The molecule has 0 aliphatic carbocycles. The van der Waals surface area contributed by atoms with Gasteiger partial charge in [-0.15, -0.1) is 0 Å². The first kappa shape index (κ1) is 11.3. The summed E-state index contributed by atoms with van der Waals surface area (Å²) >= 11 is 1.89. The van der Waals surface area contributed by atoms with E-state index in [1.54, 1.807) is 10.9 Å². The maximum absolute atomic E-state index is 11.0. The van der Waals surface area contributed by atoms with Crippen molar-refractivity contribution in [1.29, 1.82) is 0 Å². The number of nitrogens with zero attached hydrogens (tertiary/aromatic N) is 2. The minimum Gasteiger partial charge on any atom is -0.268 e. The van der Waals surface area contributed by atoms with Crippen molar-refractivity contribution in [1.82, 2.24) is 9.78 Å². The van der Waals surface area contributed by atoms with E-state index >= 15 is 0 Å². The van der Waals surface area contributed by atoms with Crippen LogP contribution in [0.2, 0.25) is 0 Å². The van der Waals surface area contributed by atoms with Gasteiger partial charge in [-0.05, 0) is 36.4 Å². The molecule has 0 aromatic carbocycles. The third-order valence-corrected chi connectivity index (χ3v) is 3.77. The summed E-state index contributed by atoms with van der Waals surface area (Å²) in [6, 6.07) is 0.126. The van der Waals surface area contributed by atoms with E-state index in [4.69, 9.17) is 10.7 Å². The van der Waals surface area contributed by atoms with Crippen LogP contribution in [0.3, 0.4) is 0 Å². The molecule has 0 aliphatic heterocycles. The Morgan fingerprint density at radius 2 is 2.15 bits per heavy atom. The van der Waals surface area contributed by atoms with E-state index < -0.39 is 9.05 Å². The summed E-state index contributed by atoms with van der Waals surface area (Å²) in [5.41, 5.74) is 0. The summed E-state index contributed by atoms with van der Waals surface area (Å²) in [6.07, 6.45) is 1.65. The van der Waals surface area contributed by atoms with Gasteiger partial charge in [0.15, 0.2) is 0 Å². The van der Waals surface area contributed by atoms with Gasteiger partial charge in [-0.2, -0.15) is 5.10 Å². The van der Waals surface area contributed by atoms with Gasteiger partial charge in [0, 0.05) is 22.9 Å². The second-order valence-electron chi connectivity index (χ2n) is 2.79. The van der Waals surface area contributed by atoms with Gasteiger partial charge in [-0.3, -0.25) is 4.68 Å². The van der Waals surface area contributed by atoms with Crippen LogP contribution in [0.15, 0.2) is 11.2 Å². The van der Waals surface area contributed by atoms with Crippen molar-refractivity contribution in [3.05, 3.63) is 9.77 Å². The first-order valence-corrected chi connectivity index (χ1v) is 6.90. The monoisotopic (exact) mass is 334 g/mol. The van der Waals surface area contributed by atoms with Gasteiger partial charge in [0.1, 0.15) is 0 Å². The van der Waals surface area contributed by atoms with Crippen molar-refractivity contribution >= 4 is 42.3 Å². The molecule has 0 bridgehead atoms. The van der Waals surface area contributed by atoms with Crippen molar-refractivity contribution in [2.45, 2.75) is 24.9 Å². The normalized spacial score (nSPS) is 12.4. The van der Waals surface area contributed by atoms with Gasteiger partial charge in [0.25, 0.3) is 9.05 Å². The number of hydrogen-bond donors (Lipinski definition) is 0. The zero-order valence-corrected chi connectivity index (χ0v) is 10.8. The van der Waals surface area contributed by atoms with Crippen molar-refractivity contribution in [2.75, 3.05) is 0 Å². The summed E-state index contributed by atoms with van der Waals surface area (Å²) in [5.74, 6) is 0. The van der Waals surface area contributed by atoms with Crippen LogP contribution >= 0.6 is 33.3 Å². The largest absolute Gasteiger partial charge is 0.281 e. The van der Waals surface area contributed by atoms with E-state index in [9.17, 15) is 8.42 Å². The topological polar surface area (TPSA) is 52.0 Å². The number of rotatable bonds is 2. The first-order chi connectivity index (χ1) is 5.82. The SMILES string of the molecule is CC(C)n1cc(I)c(S(=O)(=O)Cl)n1. The molecule has 0 fully saturated rings. The zero-order chi connectivity index (χ0) is 10.2. The van der Waals surface area contributed by atoms with Crippen LogP contribution in [-0.2, 0) is 9.05 Å². The lowest BCUT2D eigenvalue weighted by Gasteiger charge is -2.02. The van der Waals surface area contributed by atoms with Crippen LogP contribution in [0.4, 0.5) is 0 Å². The molecule has 1 heterocycles. The molecular formula is C6H8ClIN2O2S. The Balaban J connectivity index is 3.27. The molecule has 1 aromatic rings. The third kappa shape index (κ3) is 2.57. The van der Waals surface area contributed by atoms with Gasteiger partial charge < -0.3 is 0 Å². The molecule has 74 valence electrons. The van der Waals surface area contributed by atoms with Gasteiger partial charge in [0.2, 0.25) is 5.03 Å². The number of halogens is 2. The Kier molecular flexibility index (Phi) is 3.24. The molecule has 13 heavy (non-hydrogen) atoms. The van der Waals surface area contributed by atoms with E-state index in [0.29, 0.717) is 3.57 Å². The summed E-state index contributed by atoms with van der Waals surface area (Å²) in [6.45, 7) is 3.82. The van der Waals surface area contributed by atoms with Crippen LogP contribution in [0, 0.1) is 3.57 Å². The molecule has 0 saturated heterocycles. The smallest absolute Gasteiger partial charge is 0.268 e. The lowest BCUT2D eigenvalue weighted by molar-refractivity contribution is 0.517. The second-order valence-corrected chi connectivity index (χ2v) is 6.44. The van der Waals surface area contributed by atoms with Gasteiger partial charge in [-0.25, -0.2) is 8.42 Å². The Labute approximate surface area is 94.8 Å². The fourth-order valence-electron chi connectivity index (χ4n) is 0.783. The Morgan fingerprint density at radius 1 is 1.62 bits per heavy atom. The molecule has 0 N–H and O–H groups in total. The van der Waals surface area contributed by atoms with Crippen LogP contribution in [-0.4, -0.2) is 18.2 Å². The van der Waals surface area contributed by atoms with E-state index in [0.717, 1.165) is 0 Å². The molecule has 0 amide bonds. The van der Waals surface area contributed by atoms with Gasteiger partial charge >= 0.3 is 0 Å². The Bertz CT molecular complexity index is 412. The van der Waals surface area contributed by atoms with Crippen molar-refractivity contribution in [3.63, 3.8) is 0 Å². The van der Waals surface area contributed by atoms with E-state index in [2.05, 4.69) is 5.10 Å². The molecule has 7 heteroatoms. The molecule has 4 nitrogen and oxygen atoms in total. The Morgan fingerprint density at radius 3 is 2.38 bits per heavy atom. The minimum atomic E-state index is -3.71. The van der Waals surface area contributed by atoms with Crippen molar-refractivity contribution in [2.24, 2.45) is 0 Å². The molecule has 0 aliphatic rings. The molecule has 0 radical (unpaired) electrons. The molecule has 1 aromatic heterocycles. The molecule has 0 atom stereocenters. The second kappa shape index (κ2) is 3.74. The fraction of sp³-hybridized carbons (Fsp3) is 0.500. The van der Waals surface area contributed by atoms with E-state index in [-0.39, 0.29) is 11.1 Å². The predicted octanol–water partition coefficient (Wildman–Crippen LogP) is 2.00. The lowest BCUT2D eigenvalue weighted by atomic mass is 10.4. The summed E-state index contributed by atoms with van der Waals surface area (Å²) in [5, 5.41) is 3.80. The van der Waals surface area contributed by atoms with Crippen molar-refractivity contribution in [3.8, 4) is 0 Å². The third-order valence-electron chi connectivity index (χ3n) is 1.42. The highest BCUT2D eigenvalue weighted by molar-refractivity contribution is 14.1. The van der Waals surface area contributed by atoms with E-state index in [1.165, 1.54) is 0 Å². The maximum Gasteiger partial charge on any atom is 0.281 e. The summed E-state index contributed by atoms with van der Waals surface area (Å²) < 4.78 is 24.1. The molecular weight excluding hydrogens is 327 g/mol. The van der Waals surface area contributed by atoms with E-state index in [1.807, 2.05) is 36.4 Å². The Hall–Kier alpha value is 0.180. The van der Waals surface area contributed by atoms with Crippen LogP contribution in [0.5, 0.6) is 0 Å². The molecule has 0 unspecified atom stereocenters. The summed E-state index contributed by atoms with van der Waals surface area (Å²) in [7, 11) is 1.46. The molecule has 0 spiro atoms. The maximum atomic E-state index is 11.0. The first-order valence-electron chi connectivity index (χ1n) is 3.51. The molecule has 0 saturated carbocycles. The number of hydrogen-bond acceptors (Lipinski definition) is 3. The molecule has 1 rings (SSSR count). The van der Waals surface area contributed by atoms with Gasteiger partial charge in [-0.1, -0.05) is 0 Å². The average Bonchev–Trinajstić information content (AvgIpc) is 2.29. The highest BCUT2D eigenvalue weighted by Crippen LogP contribution is 2.21. The summed E-state index contributed by atoms with van der Waals surface area (Å²) in [4.78, 5) is 0. The zero-order valence-electron chi connectivity index (χ0n) is 7.03. The minimum absolute atomic E-state index is 0.0662. The quantitative estimate of drug-likeness (QED) is 0.614. The predicted molar refractivity (Wildman–Crippen MR) is 58.4 cm³/mol. The average molecular weight is 335 g/mol.